The minimum absolute atomic E-state index is 0.0114. The molecular formula is C13H19N3O3. The number of rotatable bonds is 4. The minimum Gasteiger partial charge on any atom is -0.480 e. The van der Waals surface area contributed by atoms with Crippen LogP contribution in [0.2, 0.25) is 0 Å². The van der Waals surface area contributed by atoms with Crippen molar-refractivity contribution < 1.29 is 14.6 Å². The van der Waals surface area contributed by atoms with Crippen molar-refractivity contribution in [3.63, 3.8) is 0 Å². The smallest absolute Gasteiger partial charge is 0.326 e. The van der Waals surface area contributed by atoms with Crippen LogP contribution in [-0.2, 0) is 4.79 Å². The standard InChI is InChI=1S/C13H19N3O3/c1-8(2)19-11-7-14-6-10(15-11)16-5-4-9(3)12(16)13(17)18/h6-9,12H,4-5H2,1-3H3,(H,17,18). The molecule has 1 N–H and O–H groups in total. The van der Waals surface area contributed by atoms with E-state index in [0.29, 0.717) is 18.2 Å². The number of ether oxygens (including phenoxy) is 1. The summed E-state index contributed by atoms with van der Waals surface area (Å²) in [5, 5.41) is 9.31. The lowest BCUT2D eigenvalue weighted by atomic mass is 10.0. The van der Waals surface area contributed by atoms with Crippen LogP contribution in [-0.4, -0.2) is 39.7 Å². The predicted molar refractivity (Wildman–Crippen MR) is 70.3 cm³/mol. The van der Waals surface area contributed by atoms with Gasteiger partial charge in [0, 0.05) is 6.54 Å². The van der Waals surface area contributed by atoms with Crippen molar-refractivity contribution in [1.82, 2.24) is 9.97 Å². The molecule has 0 aliphatic carbocycles. The van der Waals surface area contributed by atoms with E-state index < -0.39 is 12.0 Å². The van der Waals surface area contributed by atoms with Crippen molar-refractivity contribution in [3.05, 3.63) is 12.4 Å². The summed E-state index contributed by atoms with van der Waals surface area (Å²) in [4.78, 5) is 21.5. The van der Waals surface area contributed by atoms with Gasteiger partial charge in [-0.15, -0.1) is 0 Å². The molecule has 0 spiro atoms. The fourth-order valence-corrected chi connectivity index (χ4v) is 2.36. The maximum absolute atomic E-state index is 11.3. The van der Waals surface area contributed by atoms with Gasteiger partial charge in [0.2, 0.25) is 5.88 Å². The molecule has 1 saturated heterocycles. The predicted octanol–water partition coefficient (Wildman–Crippen LogP) is 1.56. The van der Waals surface area contributed by atoms with Crippen molar-refractivity contribution in [2.75, 3.05) is 11.4 Å². The number of carboxylic acid groups (broad SMARTS) is 1. The third kappa shape index (κ3) is 2.94. The molecule has 0 aromatic carbocycles. The molecule has 6 heteroatoms. The molecule has 0 amide bonds. The molecule has 2 atom stereocenters. The Balaban J connectivity index is 2.23. The van der Waals surface area contributed by atoms with E-state index in [-0.39, 0.29) is 12.0 Å². The molecule has 6 nitrogen and oxygen atoms in total. The third-order valence-electron chi connectivity index (χ3n) is 3.20. The molecule has 1 aliphatic heterocycles. The van der Waals surface area contributed by atoms with Gasteiger partial charge < -0.3 is 14.7 Å². The van der Waals surface area contributed by atoms with Gasteiger partial charge in [-0.2, -0.15) is 4.98 Å². The van der Waals surface area contributed by atoms with E-state index in [0.717, 1.165) is 6.42 Å². The highest BCUT2D eigenvalue weighted by molar-refractivity contribution is 5.78. The molecule has 1 aromatic heterocycles. The first-order valence-electron chi connectivity index (χ1n) is 6.47. The summed E-state index contributed by atoms with van der Waals surface area (Å²) in [6.07, 6.45) is 3.98. The number of aliphatic carboxylic acids is 1. The third-order valence-corrected chi connectivity index (χ3v) is 3.20. The lowest BCUT2D eigenvalue weighted by Gasteiger charge is -2.24. The summed E-state index contributed by atoms with van der Waals surface area (Å²) < 4.78 is 5.49. The van der Waals surface area contributed by atoms with E-state index in [2.05, 4.69) is 9.97 Å². The zero-order chi connectivity index (χ0) is 14.0. The van der Waals surface area contributed by atoms with Crippen molar-refractivity contribution >= 4 is 11.8 Å². The lowest BCUT2D eigenvalue weighted by Crippen LogP contribution is -2.39. The van der Waals surface area contributed by atoms with Gasteiger partial charge in [-0.05, 0) is 26.2 Å². The second-order valence-corrected chi connectivity index (χ2v) is 5.12. The van der Waals surface area contributed by atoms with Gasteiger partial charge in [0.1, 0.15) is 6.04 Å². The molecule has 2 rings (SSSR count). The van der Waals surface area contributed by atoms with Crippen molar-refractivity contribution in [2.45, 2.75) is 39.3 Å². The van der Waals surface area contributed by atoms with Gasteiger partial charge in [0.25, 0.3) is 0 Å². The lowest BCUT2D eigenvalue weighted by molar-refractivity contribution is -0.139. The summed E-state index contributed by atoms with van der Waals surface area (Å²) in [6.45, 7) is 6.44. The number of hydrogen-bond acceptors (Lipinski definition) is 5. The topological polar surface area (TPSA) is 75.5 Å². The molecule has 2 unspecified atom stereocenters. The van der Waals surface area contributed by atoms with Crippen LogP contribution in [0.5, 0.6) is 5.88 Å². The number of carbonyl (C=O) groups is 1. The molecule has 0 radical (unpaired) electrons. The molecule has 19 heavy (non-hydrogen) atoms. The maximum Gasteiger partial charge on any atom is 0.326 e. The number of aromatic nitrogens is 2. The average molecular weight is 265 g/mol. The summed E-state index contributed by atoms with van der Waals surface area (Å²) >= 11 is 0. The molecule has 104 valence electrons. The number of anilines is 1. The van der Waals surface area contributed by atoms with Crippen LogP contribution in [0.3, 0.4) is 0 Å². The Kier molecular flexibility index (Phi) is 3.87. The van der Waals surface area contributed by atoms with E-state index in [9.17, 15) is 9.90 Å². The second kappa shape index (κ2) is 5.42. The quantitative estimate of drug-likeness (QED) is 0.890. The van der Waals surface area contributed by atoms with Crippen LogP contribution in [0.1, 0.15) is 27.2 Å². The van der Waals surface area contributed by atoms with Gasteiger partial charge in [0.05, 0.1) is 18.5 Å². The average Bonchev–Trinajstić information content (AvgIpc) is 2.70. The Hall–Kier alpha value is -1.85. The van der Waals surface area contributed by atoms with Gasteiger partial charge in [-0.3, -0.25) is 4.98 Å². The molecule has 1 aromatic rings. The second-order valence-electron chi connectivity index (χ2n) is 5.12. The van der Waals surface area contributed by atoms with E-state index >= 15 is 0 Å². The van der Waals surface area contributed by atoms with Crippen molar-refractivity contribution in [3.8, 4) is 5.88 Å². The highest BCUT2D eigenvalue weighted by Gasteiger charge is 2.37. The Morgan fingerprint density at radius 1 is 1.53 bits per heavy atom. The molecule has 0 bridgehead atoms. The molecular weight excluding hydrogens is 246 g/mol. The van der Waals surface area contributed by atoms with Gasteiger partial charge in [0.15, 0.2) is 5.82 Å². The van der Waals surface area contributed by atoms with Gasteiger partial charge in [-0.1, -0.05) is 6.92 Å². The van der Waals surface area contributed by atoms with Crippen molar-refractivity contribution in [1.29, 1.82) is 0 Å². The number of carboxylic acids is 1. The zero-order valence-corrected chi connectivity index (χ0v) is 11.4. The van der Waals surface area contributed by atoms with E-state index in [1.807, 2.05) is 20.8 Å². The van der Waals surface area contributed by atoms with E-state index in [1.165, 1.54) is 0 Å². The summed E-state index contributed by atoms with van der Waals surface area (Å²) in [6, 6.07) is -0.538. The molecule has 2 heterocycles. The Bertz CT molecular complexity index is 464. The van der Waals surface area contributed by atoms with Gasteiger partial charge in [-0.25, -0.2) is 4.79 Å². The van der Waals surface area contributed by atoms with E-state index in [1.54, 1.807) is 17.3 Å². The van der Waals surface area contributed by atoms with Crippen LogP contribution < -0.4 is 9.64 Å². The molecule has 1 aliphatic rings. The largest absolute Gasteiger partial charge is 0.480 e. The Morgan fingerprint density at radius 3 is 2.89 bits per heavy atom. The first-order valence-corrected chi connectivity index (χ1v) is 6.47. The number of hydrogen-bond donors (Lipinski definition) is 1. The monoisotopic (exact) mass is 265 g/mol. The van der Waals surface area contributed by atoms with Crippen LogP contribution in [0, 0.1) is 5.92 Å². The SMILES string of the molecule is CC(C)Oc1cncc(N2CCC(C)C2C(=O)O)n1. The normalized spacial score (nSPS) is 22.8. The number of nitrogens with zero attached hydrogens (tertiary/aromatic N) is 3. The highest BCUT2D eigenvalue weighted by atomic mass is 16.5. The zero-order valence-electron chi connectivity index (χ0n) is 11.4. The Labute approximate surface area is 112 Å². The van der Waals surface area contributed by atoms with E-state index in [4.69, 9.17) is 4.74 Å². The summed E-state index contributed by atoms with van der Waals surface area (Å²) in [5.41, 5.74) is 0. The molecule has 1 fully saturated rings. The van der Waals surface area contributed by atoms with Crippen molar-refractivity contribution in [2.24, 2.45) is 5.92 Å². The molecule has 0 saturated carbocycles. The van der Waals surface area contributed by atoms with Gasteiger partial charge >= 0.3 is 5.97 Å². The van der Waals surface area contributed by atoms with Crippen LogP contribution in [0.25, 0.3) is 0 Å². The van der Waals surface area contributed by atoms with Crippen LogP contribution >= 0.6 is 0 Å². The first-order chi connectivity index (χ1) is 8.99. The Morgan fingerprint density at radius 2 is 2.26 bits per heavy atom. The fourth-order valence-electron chi connectivity index (χ4n) is 2.36. The van der Waals surface area contributed by atoms with Crippen LogP contribution in [0.4, 0.5) is 5.82 Å². The summed E-state index contributed by atoms with van der Waals surface area (Å²) in [7, 11) is 0. The minimum atomic E-state index is -0.818. The highest BCUT2D eigenvalue weighted by Crippen LogP contribution is 2.29. The first kappa shape index (κ1) is 13.6. The fraction of sp³-hybridized carbons (Fsp3) is 0.615. The van der Waals surface area contributed by atoms with Crippen LogP contribution in [0.15, 0.2) is 12.4 Å². The summed E-state index contributed by atoms with van der Waals surface area (Å²) in [5.74, 6) is 0.280. The maximum atomic E-state index is 11.3.